The zero-order valence-electron chi connectivity index (χ0n) is 4.87. The van der Waals surface area contributed by atoms with Gasteiger partial charge in [-0.05, 0) is 0 Å². The van der Waals surface area contributed by atoms with E-state index in [0.29, 0.717) is 0 Å². The van der Waals surface area contributed by atoms with Gasteiger partial charge < -0.3 is 14.6 Å². The molecular weight excluding hydrogens is 124 g/mol. The van der Waals surface area contributed by atoms with Crippen LogP contribution >= 0.6 is 0 Å². The normalized spacial score (nSPS) is 8.11. The minimum atomic E-state index is -0.848. The summed E-state index contributed by atoms with van der Waals surface area (Å²) >= 11 is 0. The van der Waals surface area contributed by atoms with Gasteiger partial charge in [0, 0.05) is 0 Å². The number of aliphatic hydroxyl groups is 1. The molecule has 0 atom stereocenters. The first kappa shape index (κ1) is 7.97. The quantitative estimate of drug-likeness (QED) is 0.442. The largest absolute Gasteiger partial charge is 0.513 e. The molecule has 0 aromatic rings. The van der Waals surface area contributed by atoms with E-state index in [1.165, 1.54) is 0 Å². The highest BCUT2D eigenvalue weighted by Gasteiger charge is 1.97. The molecule has 0 heterocycles. The first-order valence-electron chi connectivity index (χ1n) is 2.36. The van der Waals surface area contributed by atoms with Crippen LogP contribution in [0.4, 0.5) is 4.79 Å². The average Bonchev–Trinajstić information content (AvgIpc) is 1.85. The van der Waals surface area contributed by atoms with Crippen LogP contribution < -0.4 is 0 Å². The molecule has 0 unspecified atom stereocenters. The van der Waals surface area contributed by atoms with E-state index in [0.717, 1.165) is 6.26 Å². The van der Waals surface area contributed by atoms with Gasteiger partial charge in [-0.15, -0.1) is 0 Å². The Morgan fingerprint density at radius 3 is 2.89 bits per heavy atom. The van der Waals surface area contributed by atoms with Crippen molar-refractivity contribution in [3.05, 3.63) is 12.8 Å². The van der Waals surface area contributed by atoms with Gasteiger partial charge >= 0.3 is 6.16 Å². The third-order valence-electron chi connectivity index (χ3n) is 0.491. The zero-order valence-corrected chi connectivity index (χ0v) is 4.87. The van der Waals surface area contributed by atoms with Crippen molar-refractivity contribution in [2.45, 2.75) is 0 Å². The maximum Gasteiger partial charge on any atom is 0.513 e. The summed E-state index contributed by atoms with van der Waals surface area (Å²) in [5.41, 5.74) is 0. The minimum Gasteiger partial charge on any atom is -0.432 e. The smallest absolute Gasteiger partial charge is 0.432 e. The molecule has 0 aromatic carbocycles. The average molecular weight is 132 g/mol. The summed E-state index contributed by atoms with van der Waals surface area (Å²) in [6.07, 6.45) is 0.110. The van der Waals surface area contributed by atoms with E-state index < -0.39 is 6.16 Å². The van der Waals surface area contributed by atoms with E-state index in [1.54, 1.807) is 0 Å². The predicted octanol–water partition coefficient (Wildman–Crippen LogP) is 0.275. The fraction of sp³-hybridized carbons (Fsp3) is 0.400. The highest BCUT2D eigenvalue weighted by molar-refractivity contribution is 5.60. The summed E-state index contributed by atoms with van der Waals surface area (Å²) in [6, 6.07) is 0. The van der Waals surface area contributed by atoms with Crippen LogP contribution in [0.3, 0.4) is 0 Å². The number of hydrogen-bond acceptors (Lipinski definition) is 4. The Balaban J connectivity index is 3.16. The standard InChI is InChI=1S/C5H8O4/c1-2-8-5(7)9-4-3-6/h2,6H,1,3-4H2. The number of aliphatic hydroxyl groups excluding tert-OH is 1. The van der Waals surface area contributed by atoms with Gasteiger partial charge in [-0.1, -0.05) is 6.58 Å². The van der Waals surface area contributed by atoms with Gasteiger partial charge in [0.05, 0.1) is 12.9 Å². The van der Waals surface area contributed by atoms with E-state index in [9.17, 15) is 4.79 Å². The fourth-order valence-corrected chi connectivity index (χ4v) is 0.231. The van der Waals surface area contributed by atoms with E-state index in [1.807, 2.05) is 0 Å². The first-order valence-corrected chi connectivity index (χ1v) is 2.36. The van der Waals surface area contributed by atoms with Gasteiger partial charge in [0.15, 0.2) is 0 Å². The maximum absolute atomic E-state index is 10.2. The van der Waals surface area contributed by atoms with Crippen LogP contribution in [0.15, 0.2) is 12.8 Å². The van der Waals surface area contributed by atoms with Gasteiger partial charge in [-0.25, -0.2) is 4.79 Å². The van der Waals surface area contributed by atoms with Crippen molar-refractivity contribution < 1.29 is 19.4 Å². The Labute approximate surface area is 52.7 Å². The summed E-state index contributed by atoms with van der Waals surface area (Å²) < 4.78 is 8.38. The lowest BCUT2D eigenvalue weighted by molar-refractivity contribution is 0.0688. The fourth-order valence-electron chi connectivity index (χ4n) is 0.231. The first-order chi connectivity index (χ1) is 4.31. The molecule has 9 heavy (non-hydrogen) atoms. The predicted molar refractivity (Wildman–Crippen MR) is 29.7 cm³/mol. The van der Waals surface area contributed by atoms with Crippen molar-refractivity contribution in [3.63, 3.8) is 0 Å². The van der Waals surface area contributed by atoms with E-state index in [4.69, 9.17) is 5.11 Å². The Morgan fingerprint density at radius 1 is 1.78 bits per heavy atom. The molecule has 4 heteroatoms. The Hall–Kier alpha value is -1.03. The molecule has 4 nitrogen and oxygen atoms in total. The van der Waals surface area contributed by atoms with Gasteiger partial charge in [-0.2, -0.15) is 0 Å². The second-order valence-corrected chi connectivity index (χ2v) is 1.11. The lowest BCUT2D eigenvalue weighted by Crippen LogP contribution is -2.07. The van der Waals surface area contributed by atoms with Crippen LogP contribution in [0.2, 0.25) is 0 Å². The monoisotopic (exact) mass is 132 g/mol. The number of hydrogen-bond donors (Lipinski definition) is 1. The molecule has 0 radical (unpaired) electrons. The van der Waals surface area contributed by atoms with E-state index >= 15 is 0 Å². The Morgan fingerprint density at radius 2 is 2.44 bits per heavy atom. The third-order valence-corrected chi connectivity index (χ3v) is 0.491. The van der Waals surface area contributed by atoms with Crippen LogP contribution in [0.5, 0.6) is 0 Å². The lowest BCUT2D eigenvalue weighted by atomic mass is 10.8. The summed E-state index contributed by atoms with van der Waals surface area (Å²) in [6.45, 7) is 2.87. The van der Waals surface area contributed by atoms with Crippen LogP contribution in [0, 0.1) is 0 Å². The second kappa shape index (κ2) is 5.11. The molecular formula is C5H8O4. The molecule has 0 saturated heterocycles. The van der Waals surface area contributed by atoms with Gasteiger partial charge in [0.25, 0.3) is 0 Å². The van der Waals surface area contributed by atoms with Crippen molar-refractivity contribution in [1.82, 2.24) is 0 Å². The molecule has 0 rings (SSSR count). The molecule has 0 fully saturated rings. The summed E-state index contributed by atoms with van der Waals surface area (Å²) in [5.74, 6) is 0. The van der Waals surface area contributed by atoms with Crippen LogP contribution in [-0.2, 0) is 9.47 Å². The Bertz CT molecular complexity index is 99.1. The van der Waals surface area contributed by atoms with Crippen molar-refractivity contribution in [3.8, 4) is 0 Å². The van der Waals surface area contributed by atoms with Crippen LogP contribution in [0.25, 0.3) is 0 Å². The van der Waals surface area contributed by atoms with E-state index in [-0.39, 0.29) is 13.2 Å². The molecule has 1 N–H and O–H groups in total. The summed E-state index contributed by atoms with van der Waals surface area (Å²) in [4.78, 5) is 10.2. The van der Waals surface area contributed by atoms with Gasteiger partial charge in [0.2, 0.25) is 0 Å². The topological polar surface area (TPSA) is 55.8 Å². The molecule has 0 aliphatic rings. The lowest BCUT2D eigenvalue weighted by Gasteiger charge is -1.97. The van der Waals surface area contributed by atoms with E-state index in [2.05, 4.69) is 16.1 Å². The molecule has 0 aliphatic heterocycles. The molecule has 0 spiro atoms. The highest BCUT2D eigenvalue weighted by Crippen LogP contribution is 1.82. The number of rotatable bonds is 3. The molecule has 0 aliphatic carbocycles. The minimum absolute atomic E-state index is 0.0489. The summed E-state index contributed by atoms with van der Waals surface area (Å²) in [7, 11) is 0. The molecule has 0 amide bonds. The van der Waals surface area contributed by atoms with Crippen LogP contribution in [0.1, 0.15) is 0 Å². The third kappa shape index (κ3) is 4.83. The number of carbonyl (C=O) groups excluding carboxylic acids is 1. The second-order valence-electron chi connectivity index (χ2n) is 1.11. The van der Waals surface area contributed by atoms with Crippen molar-refractivity contribution in [1.29, 1.82) is 0 Å². The van der Waals surface area contributed by atoms with Crippen molar-refractivity contribution >= 4 is 6.16 Å². The molecule has 0 aromatic heterocycles. The van der Waals surface area contributed by atoms with Crippen molar-refractivity contribution in [2.24, 2.45) is 0 Å². The molecule has 0 bridgehead atoms. The van der Waals surface area contributed by atoms with Gasteiger partial charge in [0.1, 0.15) is 6.61 Å². The Kier molecular flexibility index (Phi) is 4.53. The zero-order chi connectivity index (χ0) is 7.11. The number of ether oxygens (including phenoxy) is 2. The number of carbonyl (C=O) groups is 1. The summed E-state index contributed by atoms with van der Waals surface area (Å²) in [5, 5.41) is 8.12. The van der Waals surface area contributed by atoms with Crippen molar-refractivity contribution in [2.75, 3.05) is 13.2 Å². The molecule has 52 valence electrons. The maximum atomic E-state index is 10.2. The molecule has 0 saturated carbocycles. The van der Waals surface area contributed by atoms with Gasteiger partial charge in [-0.3, -0.25) is 0 Å². The van der Waals surface area contributed by atoms with Crippen LogP contribution in [-0.4, -0.2) is 24.5 Å². The SMILES string of the molecule is C=COC(=O)OCCO. The highest BCUT2D eigenvalue weighted by atomic mass is 16.7.